The van der Waals surface area contributed by atoms with Gasteiger partial charge in [-0.15, -0.1) is 11.3 Å². The molecule has 5 nitrogen and oxygen atoms in total. The molecule has 0 fully saturated rings. The molecule has 0 radical (unpaired) electrons. The van der Waals surface area contributed by atoms with Crippen LogP contribution in [0.2, 0.25) is 0 Å². The van der Waals surface area contributed by atoms with Crippen molar-refractivity contribution in [3.05, 3.63) is 46.3 Å². The smallest absolute Gasteiger partial charge is 0.266 e. The SMILES string of the molecule is CCN(CC)c1nc(C)nc2sc(C(=O)Nc3ccc(F)cc3)c(C)c12. The van der Waals surface area contributed by atoms with Crippen molar-refractivity contribution in [2.45, 2.75) is 27.7 Å². The van der Waals surface area contributed by atoms with E-state index in [1.165, 1.54) is 23.5 Å². The predicted molar refractivity (Wildman–Crippen MR) is 105 cm³/mol. The zero-order chi connectivity index (χ0) is 18.8. The second-order valence-corrected chi connectivity index (χ2v) is 6.96. The molecule has 0 spiro atoms. The normalized spacial score (nSPS) is 11.0. The number of aryl methyl sites for hydroxylation is 2. The summed E-state index contributed by atoms with van der Waals surface area (Å²) in [5.41, 5.74) is 1.42. The number of halogens is 1. The minimum absolute atomic E-state index is 0.222. The predicted octanol–water partition coefficient (Wildman–Crippen LogP) is 4.55. The monoisotopic (exact) mass is 372 g/mol. The summed E-state index contributed by atoms with van der Waals surface area (Å²) in [5.74, 6) is 0.995. The molecule has 0 atom stereocenters. The first-order valence-corrected chi connectivity index (χ1v) is 9.35. The third kappa shape index (κ3) is 3.39. The Morgan fingerprint density at radius 2 is 1.81 bits per heavy atom. The van der Waals surface area contributed by atoms with Crippen LogP contribution in [0.5, 0.6) is 0 Å². The summed E-state index contributed by atoms with van der Waals surface area (Å²) >= 11 is 1.36. The highest BCUT2D eigenvalue weighted by atomic mass is 32.1. The second kappa shape index (κ2) is 7.37. The highest BCUT2D eigenvalue weighted by Crippen LogP contribution is 2.35. The number of hydrogen-bond donors (Lipinski definition) is 1. The lowest BCUT2D eigenvalue weighted by atomic mass is 10.1. The summed E-state index contributed by atoms with van der Waals surface area (Å²) in [7, 11) is 0. The molecule has 1 aromatic carbocycles. The lowest BCUT2D eigenvalue weighted by Crippen LogP contribution is -2.23. The van der Waals surface area contributed by atoms with Gasteiger partial charge in [0.1, 0.15) is 22.3 Å². The Morgan fingerprint density at radius 3 is 2.42 bits per heavy atom. The summed E-state index contributed by atoms with van der Waals surface area (Å²) in [6.07, 6.45) is 0. The van der Waals surface area contributed by atoms with E-state index in [1.807, 2.05) is 13.8 Å². The van der Waals surface area contributed by atoms with E-state index in [0.717, 1.165) is 34.7 Å². The van der Waals surface area contributed by atoms with Crippen LogP contribution in [0.4, 0.5) is 15.9 Å². The van der Waals surface area contributed by atoms with Crippen molar-refractivity contribution in [3.63, 3.8) is 0 Å². The number of benzene rings is 1. The first kappa shape index (κ1) is 18.3. The van der Waals surface area contributed by atoms with Crippen LogP contribution >= 0.6 is 11.3 Å². The third-order valence-electron chi connectivity index (χ3n) is 4.25. The molecule has 7 heteroatoms. The molecule has 3 aromatic rings. The van der Waals surface area contributed by atoms with Crippen molar-refractivity contribution in [2.75, 3.05) is 23.3 Å². The Labute approximate surface area is 155 Å². The average molecular weight is 372 g/mol. The summed E-state index contributed by atoms with van der Waals surface area (Å²) in [6.45, 7) is 9.60. The van der Waals surface area contributed by atoms with Gasteiger partial charge in [0.05, 0.1) is 10.3 Å². The van der Waals surface area contributed by atoms with Crippen molar-refractivity contribution in [1.29, 1.82) is 0 Å². The van der Waals surface area contributed by atoms with E-state index < -0.39 is 0 Å². The van der Waals surface area contributed by atoms with Crippen molar-refractivity contribution in [1.82, 2.24) is 9.97 Å². The van der Waals surface area contributed by atoms with Crippen LogP contribution in [-0.4, -0.2) is 29.0 Å². The molecule has 136 valence electrons. The molecule has 2 heterocycles. The molecule has 26 heavy (non-hydrogen) atoms. The fraction of sp³-hybridized carbons (Fsp3) is 0.316. The summed E-state index contributed by atoms with van der Waals surface area (Å²) in [5, 5.41) is 3.75. The minimum atomic E-state index is -0.337. The first-order chi connectivity index (χ1) is 12.4. The van der Waals surface area contributed by atoms with Gasteiger partial charge in [-0.05, 0) is 57.5 Å². The van der Waals surface area contributed by atoms with Crippen LogP contribution in [0, 0.1) is 19.7 Å². The van der Waals surface area contributed by atoms with Crippen molar-refractivity contribution < 1.29 is 9.18 Å². The summed E-state index contributed by atoms with van der Waals surface area (Å²) < 4.78 is 13.0. The Morgan fingerprint density at radius 1 is 1.15 bits per heavy atom. The molecule has 3 rings (SSSR count). The lowest BCUT2D eigenvalue weighted by molar-refractivity contribution is 0.103. The highest BCUT2D eigenvalue weighted by Gasteiger charge is 2.22. The molecule has 0 aliphatic rings. The van der Waals surface area contributed by atoms with Gasteiger partial charge in [-0.25, -0.2) is 14.4 Å². The Kier molecular flexibility index (Phi) is 5.18. The molecule has 0 unspecified atom stereocenters. The van der Waals surface area contributed by atoms with E-state index in [0.29, 0.717) is 16.4 Å². The van der Waals surface area contributed by atoms with Crippen molar-refractivity contribution in [3.8, 4) is 0 Å². The number of anilines is 2. The Bertz CT molecular complexity index is 948. The standard InChI is InChI=1S/C19H21FN4OS/c1-5-24(6-2)17-15-11(3)16(26-19(15)22-12(4)21-17)18(25)23-14-9-7-13(20)8-10-14/h7-10H,5-6H2,1-4H3,(H,23,25). The molecular weight excluding hydrogens is 351 g/mol. The molecule has 0 aliphatic heterocycles. The number of thiophene rings is 1. The fourth-order valence-electron chi connectivity index (χ4n) is 2.91. The van der Waals surface area contributed by atoms with Gasteiger partial charge in [-0.1, -0.05) is 0 Å². The number of nitrogens with one attached hydrogen (secondary N) is 1. The zero-order valence-corrected chi connectivity index (χ0v) is 16.1. The van der Waals surface area contributed by atoms with Gasteiger partial charge in [0.15, 0.2) is 0 Å². The van der Waals surface area contributed by atoms with E-state index >= 15 is 0 Å². The van der Waals surface area contributed by atoms with Crippen LogP contribution in [0.25, 0.3) is 10.2 Å². The number of hydrogen-bond acceptors (Lipinski definition) is 5. The van der Waals surface area contributed by atoms with Crippen molar-refractivity contribution in [2.24, 2.45) is 0 Å². The number of nitrogens with zero attached hydrogens (tertiary/aromatic N) is 3. The second-order valence-electron chi connectivity index (χ2n) is 5.96. The van der Waals surface area contributed by atoms with Gasteiger partial charge in [-0.3, -0.25) is 4.79 Å². The largest absolute Gasteiger partial charge is 0.357 e. The minimum Gasteiger partial charge on any atom is -0.357 e. The molecule has 0 aliphatic carbocycles. The van der Waals surface area contributed by atoms with E-state index in [4.69, 9.17) is 0 Å². The van der Waals surface area contributed by atoms with Crippen molar-refractivity contribution >= 4 is 39.0 Å². The number of carbonyl (C=O) groups excluding carboxylic acids is 1. The maximum absolute atomic E-state index is 13.0. The van der Waals surface area contributed by atoms with Crippen LogP contribution in [-0.2, 0) is 0 Å². The van der Waals surface area contributed by atoms with Gasteiger partial charge in [0.2, 0.25) is 0 Å². The molecule has 0 saturated heterocycles. The van der Waals surface area contributed by atoms with Crippen LogP contribution in [0.15, 0.2) is 24.3 Å². The average Bonchev–Trinajstić information content (AvgIpc) is 2.94. The molecule has 2 aromatic heterocycles. The lowest BCUT2D eigenvalue weighted by Gasteiger charge is -2.21. The highest BCUT2D eigenvalue weighted by molar-refractivity contribution is 7.20. The summed E-state index contributed by atoms with van der Waals surface area (Å²) in [6, 6.07) is 5.73. The number of carbonyl (C=O) groups is 1. The van der Waals surface area contributed by atoms with E-state index in [1.54, 1.807) is 12.1 Å². The van der Waals surface area contributed by atoms with Crippen LogP contribution < -0.4 is 10.2 Å². The quantitative estimate of drug-likeness (QED) is 0.714. The zero-order valence-electron chi connectivity index (χ0n) is 15.3. The molecule has 1 N–H and O–H groups in total. The van der Waals surface area contributed by atoms with E-state index in [2.05, 4.69) is 34.0 Å². The fourth-order valence-corrected chi connectivity index (χ4v) is 4.03. The Hall–Kier alpha value is -2.54. The molecule has 0 bridgehead atoms. The number of rotatable bonds is 5. The van der Waals surface area contributed by atoms with E-state index in [-0.39, 0.29) is 11.7 Å². The van der Waals surface area contributed by atoms with Gasteiger partial charge < -0.3 is 10.2 Å². The van der Waals surface area contributed by atoms with Gasteiger partial charge >= 0.3 is 0 Å². The number of fused-ring (bicyclic) bond motifs is 1. The van der Waals surface area contributed by atoms with Crippen LogP contribution in [0.1, 0.15) is 34.9 Å². The summed E-state index contributed by atoms with van der Waals surface area (Å²) in [4.78, 5) is 25.4. The topological polar surface area (TPSA) is 58.1 Å². The molecular formula is C19H21FN4OS. The Balaban J connectivity index is 2.04. The number of aromatic nitrogens is 2. The molecule has 0 saturated carbocycles. The van der Waals surface area contributed by atoms with E-state index in [9.17, 15) is 9.18 Å². The van der Waals surface area contributed by atoms with Crippen LogP contribution in [0.3, 0.4) is 0 Å². The maximum Gasteiger partial charge on any atom is 0.266 e. The molecule has 1 amide bonds. The third-order valence-corrected chi connectivity index (χ3v) is 5.44. The maximum atomic E-state index is 13.0. The first-order valence-electron chi connectivity index (χ1n) is 8.54. The van der Waals surface area contributed by atoms with Gasteiger partial charge in [0.25, 0.3) is 5.91 Å². The number of amides is 1. The van der Waals surface area contributed by atoms with Gasteiger partial charge in [-0.2, -0.15) is 0 Å². The van der Waals surface area contributed by atoms with Gasteiger partial charge in [0, 0.05) is 18.8 Å².